The van der Waals surface area contributed by atoms with Crippen molar-refractivity contribution in [3.05, 3.63) is 29.8 Å². The van der Waals surface area contributed by atoms with Crippen LogP contribution in [0.25, 0.3) is 0 Å². The van der Waals surface area contributed by atoms with E-state index in [1.54, 1.807) is 0 Å². The summed E-state index contributed by atoms with van der Waals surface area (Å²) in [6, 6.07) is 7.82. The summed E-state index contributed by atoms with van der Waals surface area (Å²) >= 11 is 0. The topological polar surface area (TPSA) is 55.4 Å². The molecule has 0 unspecified atom stereocenters. The quantitative estimate of drug-likeness (QED) is 0.705. The fourth-order valence-electron chi connectivity index (χ4n) is 1.79. The summed E-state index contributed by atoms with van der Waals surface area (Å²) < 4.78 is 28.5. The van der Waals surface area contributed by atoms with E-state index >= 15 is 0 Å². The van der Waals surface area contributed by atoms with E-state index in [0.717, 1.165) is 11.3 Å². The van der Waals surface area contributed by atoms with Gasteiger partial charge in [0.15, 0.2) is 9.84 Å². The summed E-state index contributed by atoms with van der Waals surface area (Å²) in [6.07, 6.45) is 0.679. The Hall–Kier alpha value is -1.07. The van der Waals surface area contributed by atoms with Crippen LogP contribution < -0.4 is 10.1 Å². The smallest absolute Gasteiger partial charge is 0.151 e. The van der Waals surface area contributed by atoms with Crippen LogP contribution in [0.4, 0.5) is 0 Å². The first-order valence-corrected chi connectivity index (χ1v) is 8.52. The molecule has 0 aliphatic rings. The molecule has 1 aromatic carbocycles. The fourth-order valence-corrected chi connectivity index (χ4v) is 3.07. The van der Waals surface area contributed by atoms with Crippen LogP contribution in [0, 0.1) is 0 Å². The lowest BCUT2D eigenvalue weighted by atomic mass is 10.2. The van der Waals surface area contributed by atoms with E-state index in [2.05, 4.69) is 5.32 Å². The van der Waals surface area contributed by atoms with Gasteiger partial charge in [-0.25, -0.2) is 8.42 Å². The molecule has 5 heteroatoms. The Bertz CT molecular complexity index is 471. The number of benzene rings is 1. The van der Waals surface area contributed by atoms with Gasteiger partial charge in [-0.15, -0.1) is 0 Å². The summed E-state index contributed by atoms with van der Waals surface area (Å²) in [5.41, 5.74) is 1.10. The van der Waals surface area contributed by atoms with Gasteiger partial charge in [0.25, 0.3) is 0 Å². The zero-order valence-electron chi connectivity index (χ0n) is 11.7. The van der Waals surface area contributed by atoms with Crippen molar-refractivity contribution in [2.75, 3.05) is 24.7 Å². The highest BCUT2D eigenvalue weighted by Gasteiger charge is 2.08. The lowest BCUT2D eigenvalue weighted by molar-refractivity contribution is 0.340. The number of sulfone groups is 1. The third-order valence-corrected chi connectivity index (χ3v) is 4.50. The second-order valence-electron chi connectivity index (χ2n) is 4.41. The minimum Gasteiger partial charge on any atom is -0.494 e. The zero-order valence-corrected chi connectivity index (χ0v) is 12.5. The van der Waals surface area contributed by atoms with Gasteiger partial charge in [-0.1, -0.05) is 19.1 Å². The monoisotopic (exact) mass is 285 g/mol. The largest absolute Gasteiger partial charge is 0.494 e. The van der Waals surface area contributed by atoms with Crippen molar-refractivity contribution in [1.29, 1.82) is 0 Å². The maximum atomic E-state index is 11.5. The van der Waals surface area contributed by atoms with Gasteiger partial charge in [0, 0.05) is 18.8 Å². The molecule has 0 aliphatic heterocycles. The summed E-state index contributed by atoms with van der Waals surface area (Å²) in [4.78, 5) is 0. The summed E-state index contributed by atoms with van der Waals surface area (Å²) in [5.74, 6) is 1.32. The fraction of sp³-hybridized carbons (Fsp3) is 0.571. The van der Waals surface area contributed by atoms with Gasteiger partial charge in [0.1, 0.15) is 5.75 Å². The molecule has 108 valence electrons. The van der Waals surface area contributed by atoms with Gasteiger partial charge in [-0.3, -0.25) is 0 Å². The van der Waals surface area contributed by atoms with Gasteiger partial charge in [0.05, 0.1) is 12.4 Å². The maximum absolute atomic E-state index is 11.5. The molecule has 4 nitrogen and oxygen atoms in total. The Morgan fingerprint density at radius 1 is 1.21 bits per heavy atom. The third kappa shape index (κ3) is 6.59. The predicted octanol–water partition coefficient (Wildman–Crippen LogP) is 2.00. The molecule has 1 rings (SSSR count). The molecule has 0 spiro atoms. The first kappa shape index (κ1) is 16.0. The number of hydrogen-bond donors (Lipinski definition) is 1. The highest BCUT2D eigenvalue weighted by molar-refractivity contribution is 7.91. The Morgan fingerprint density at radius 3 is 2.68 bits per heavy atom. The second kappa shape index (κ2) is 8.17. The normalized spacial score (nSPS) is 11.5. The van der Waals surface area contributed by atoms with Crippen molar-refractivity contribution in [2.45, 2.75) is 26.8 Å². The van der Waals surface area contributed by atoms with E-state index < -0.39 is 9.84 Å². The van der Waals surface area contributed by atoms with E-state index in [9.17, 15) is 8.42 Å². The zero-order chi connectivity index (χ0) is 14.1. The maximum Gasteiger partial charge on any atom is 0.151 e. The average molecular weight is 285 g/mol. The minimum atomic E-state index is -2.89. The third-order valence-electron chi connectivity index (χ3n) is 2.64. The van der Waals surface area contributed by atoms with Crippen LogP contribution in [0.5, 0.6) is 5.75 Å². The first-order valence-electron chi connectivity index (χ1n) is 6.70. The van der Waals surface area contributed by atoms with E-state index in [1.807, 2.05) is 38.1 Å². The van der Waals surface area contributed by atoms with Crippen molar-refractivity contribution in [3.63, 3.8) is 0 Å². The Labute approximate surface area is 116 Å². The molecule has 0 saturated carbocycles. The SMILES string of the molecule is CCCS(=O)(=O)CCNCc1cccc(OCC)c1. The van der Waals surface area contributed by atoms with Crippen molar-refractivity contribution in [1.82, 2.24) is 5.32 Å². The van der Waals surface area contributed by atoms with Gasteiger partial charge in [-0.05, 0) is 31.0 Å². The molecule has 0 saturated heterocycles. The highest BCUT2D eigenvalue weighted by Crippen LogP contribution is 2.12. The molecule has 19 heavy (non-hydrogen) atoms. The van der Waals surface area contributed by atoms with Crippen molar-refractivity contribution in [3.8, 4) is 5.75 Å². The Kier molecular flexibility index (Phi) is 6.87. The van der Waals surface area contributed by atoms with Crippen molar-refractivity contribution >= 4 is 9.84 Å². The average Bonchev–Trinajstić information content (AvgIpc) is 2.36. The number of nitrogens with one attached hydrogen (secondary N) is 1. The van der Waals surface area contributed by atoms with Crippen LogP contribution in [0.2, 0.25) is 0 Å². The van der Waals surface area contributed by atoms with E-state index in [1.165, 1.54) is 0 Å². The van der Waals surface area contributed by atoms with Gasteiger partial charge in [0.2, 0.25) is 0 Å². The van der Waals surface area contributed by atoms with Gasteiger partial charge < -0.3 is 10.1 Å². The molecule has 0 amide bonds. The number of rotatable bonds is 9. The molecule has 0 radical (unpaired) electrons. The Balaban J connectivity index is 2.35. The van der Waals surface area contributed by atoms with Gasteiger partial charge >= 0.3 is 0 Å². The summed E-state index contributed by atoms with van der Waals surface area (Å²) in [7, 11) is -2.89. The summed E-state index contributed by atoms with van der Waals surface area (Å²) in [6.45, 7) is 5.61. The molecule has 0 atom stereocenters. The van der Waals surface area contributed by atoms with Crippen LogP contribution in [0.3, 0.4) is 0 Å². The van der Waals surface area contributed by atoms with E-state index in [0.29, 0.717) is 26.1 Å². The molecule has 0 aliphatic carbocycles. The molecule has 0 fully saturated rings. The van der Waals surface area contributed by atoms with Crippen LogP contribution in [-0.4, -0.2) is 33.1 Å². The Morgan fingerprint density at radius 2 is 2.00 bits per heavy atom. The highest BCUT2D eigenvalue weighted by atomic mass is 32.2. The molecule has 0 heterocycles. The first-order chi connectivity index (χ1) is 9.07. The van der Waals surface area contributed by atoms with Crippen LogP contribution in [0.15, 0.2) is 24.3 Å². The van der Waals surface area contributed by atoms with Gasteiger partial charge in [-0.2, -0.15) is 0 Å². The van der Waals surface area contributed by atoms with E-state index in [4.69, 9.17) is 4.74 Å². The predicted molar refractivity (Wildman–Crippen MR) is 78.3 cm³/mol. The molecular weight excluding hydrogens is 262 g/mol. The number of hydrogen-bond acceptors (Lipinski definition) is 4. The van der Waals surface area contributed by atoms with E-state index in [-0.39, 0.29) is 11.5 Å². The van der Waals surface area contributed by atoms with Crippen LogP contribution in [0.1, 0.15) is 25.8 Å². The standard InChI is InChI=1S/C14H23NO3S/c1-3-9-19(16,17)10-8-15-12-13-6-5-7-14(11-13)18-4-2/h5-7,11,15H,3-4,8-10,12H2,1-2H3. The lowest BCUT2D eigenvalue weighted by Gasteiger charge is -2.08. The number of ether oxygens (including phenoxy) is 1. The molecular formula is C14H23NO3S. The van der Waals surface area contributed by atoms with Crippen molar-refractivity contribution < 1.29 is 13.2 Å². The molecule has 0 aromatic heterocycles. The second-order valence-corrected chi connectivity index (χ2v) is 6.71. The lowest BCUT2D eigenvalue weighted by Crippen LogP contribution is -2.24. The minimum absolute atomic E-state index is 0.200. The molecule has 1 aromatic rings. The summed E-state index contributed by atoms with van der Waals surface area (Å²) in [5, 5.41) is 3.15. The van der Waals surface area contributed by atoms with Crippen molar-refractivity contribution in [2.24, 2.45) is 0 Å². The van der Waals surface area contributed by atoms with Crippen LogP contribution >= 0.6 is 0 Å². The molecule has 0 bridgehead atoms. The van der Waals surface area contributed by atoms with Crippen LogP contribution in [-0.2, 0) is 16.4 Å². The molecule has 1 N–H and O–H groups in total.